The second kappa shape index (κ2) is 6.16. The molecule has 0 atom stereocenters. The van der Waals surface area contributed by atoms with Crippen molar-refractivity contribution in [1.29, 1.82) is 0 Å². The maximum Gasteiger partial charge on any atom is 0.230 e. The zero-order valence-corrected chi connectivity index (χ0v) is 13.5. The fourth-order valence-corrected chi connectivity index (χ4v) is 2.58. The van der Waals surface area contributed by atoms with Gasteiger partial charge in [-0.3, -0.25) is 4.79 Å². The molecule has 1 aromatic carbocycles. The van der Waals surface area contributed by atoms with Gasteiger partial charge in [0.25, 0.3) is 0 Å². The Hall–Kier alpha value is -1.75. The molecule has 0 aliphatic carbocycles. The van der Waals surface area contributed by atoms with Crippen LogP contribution in [0.15, 0.2) is 42.7 Å². The number of carbonyl (C=O) groups excluding carboxylic acids is 1. The van der Waals surface area contributed by atoms with Crippen molar-refractivity contribution in [2.75, 3.05) is 5.32 Å². The number of carbonyl (C=O) groups is 1. The molecule has 22 heavy (non-hydrogen) atoms. The highest BCUT2D eigenvalue weighted by Gasteiger charge is 2.11. The van der Waals surface area contributed by atoms with E-state index in [9.17, 15) is 4.79 Å². The van der Waals surface area contributed by atoms with Gasteiger partial charge >= 0.3 is 0 Å². The van der Waals surface area contributed by atoms with Crippen molar-refractivity contribution in [1.82, 2.24) is 9.38 Å². The molecule has 112 valence electrons. The van der Waals surface area contributed by atoms with E-state index in [2.05, 4.69) is 10.3 Å². The van der Waals surface area contributed by atoms with E-state index in [4.69, 9.17) is 34.8 Å². The lowest BCUT2D eigenvalue weighted by atomic mass is 10.3. The Morgan fingerprint density at radius 2 is 1.95 bits per heavy atom. The number of nitrogens with one attached hydrogen (secondary N) is 1. The molecular weight excluding hydrogens is 345 g/mol. The largest absolute Gasteiger partial charge is 0.324 e. The first-order valence-electron chi connectivity index (χ1n) is 6.40. The quantitative estimate of drug-likeness (QED) is 0.754. The topological polar surface area (TPSA) is 46.4 Å². The Kier molecular flexibility index (Phi) is 4.25. The maximum absolute atomic E-state index is 12.1. The smallest absolute Gasteiger partial charge is 0.230 e. The van der Waals surface area contributed by atoms with Gasteiger partial charge in [-0.1, -0.05) is 40.9 Å². The Morgan fingerprint density at radius 3 is 2.77 bits per heavy atom. The highest BCUT2D eigenvalue weighted by atomic mass is 35.5. The number of imidazole rings is 1. The molecule has 0 unspecified atom stereocenters. The van der Waals surface area contributed by atoms with Crippen LogP contribution in [0.5, 0.6) is 0 Å². The van der Waals surface area contributed by atoms with E-state index in [0.717, 1.165) is 5.65 Å². The van der Waals surface area contributed by atoms with Gasteiger partial charge in [-0.05, 0) is 24.3 Å². The molecule has 3 aromatic rings. The summed E-state index contributed by atoms with van der Waals surface area (Å²) in [6.07, 6.45) is 3.63. The molecule has 0 saturated heterocycles. The van der Waals surface area contributed by atoms with Gasteiger partial charge in [0.2, 0.25) is 5.91 Å². The summed E-state index contributed by atoms with van der Waals surface area (Å²) in [6.45, 7) is 0. The zero-order chi connectivity index (χ0) is 15.7. The van der Waals surface area contributed by atoms with Gasteiger partial charge in [0, 0.05) is 12.4 Å². The molecule has 1 amide bonds. The second-order valence-electron chi connectivity index (χ2n) is 4.67. The lowest BCUT2D eigenvalue weighted by Crippen LogP contribution is -2.14. The minimum absolute atomic E-state index is 0.127. The molecule has 7 heteroatoms. The Bertz CT molecular complexity index is 860. The molecule has 0 aliphatic heterocycles. The number of fused-ring (bicyclic) bond motifs is 1. The summed E-state index contributed by atoms with van der Waals surface area (Å²) >= 11 is 17.9. The minimum atomic E-state index is -0.223. The normalized spacial score (nSPS) is 10.9. The third-order valence-corrected chi connectivity index (χ3v) is 4.07. The van der Waals surface area contributed by atoms with Crippen LogP contribution in [0, 0.1) is 0 Å². The standard InChI is InChI=1S/C15H10Cl3N3O/c16-9-4-5-13-19-10(8-21(13)7-9)6-14(22)20-12-3-1-2-11(17)15(12)18/h1-5,7-8H,6H2,(H,20,22). The van der Waals surface area contributed by atoms with Crippen molar-refractivity contribution in [2.24, 2.45) is 0 Å². The summed E-state index contributed by atoms with van der Waals surface area (Å²) in [7, 11) is 0. The molecular formula is C15H10Cl3N3O. The van der Waals surface area contributed by atoms with Crippen LogP contribution in [0.4, 0.5) is 5.69 Å². The number of amides is 1. The van der Waals surface area contributed by atoms with Gasteiger partial charge in [-0.2, -0.15) is 0 Å². The fourth-order valence-electron chi connectivity index (χ4n) is 2.06. The van der Waals surface area contributed by atoms with Crippen LogP contribution in [0.1, 0.15) is 5.69 Å². The number of hydrogen-bond donors (Lipinski definition) is 1. The molecule has 3 rings (SSSR count). The molecule has 0 aliphatic rings. The molecule has 0 spiro atoms. The number of rotatable bonds is 3. The van der Waals surface area contributed by atoms with E-state index < -0.39 is 0 Å². The lowest BCUT2D eigenvalue weighted by molar-refractivity contribution is -0.115. The van der Waals surface area contributed by atoms with E-state index in [1.807, 2.05) is 0 Å². The van der Waals surface area contributed by atoms with Crippen molar-refractivity contribution in [3.63, 3.8) is 0 Å². The summed E-state index contributed by atoms with van der Waals surface area (Å²) in [5.74, 6) is -0.223. The average molecular weight is 355 g/mol. The van der Waals surface area contributed by atoms with E-state index in [1.54, 1.807) is 47.1 Å². The molecule has 2 heterocycles. The number of halogens is 3. The zero-order valence-electron chi connectivity index (χ0n) is 11.2. The first-order chi connectivity index (χ1) is 10.5. The summed E-state index contributed by atoms with van der Waals surface area (Å²) in [4.78, 5) is 16.5. The Labute approximate surface area is 141 Å². The summed E-state index contributed by atoms with van der Waals surface area (Å²) in [5.41, 5.74) is 1.84. The van der Waals surface area contributed by atoms with Gasteiger partial charge in [0.1, 0.15) is 5.65 Å². The van der Waals surface area contributed by atoms with E-state index in [0.29, 0.717) is 26.4 Å². The summed E-state index contributed by atoms with van der Waals surface area (Å²) in [5, 5.41) is 4.04. The van der Waals surface area contributed by atoms with Gasteiger partial charge in [0.15, 0.2) is 0 Å². The molecule has 4 nitrogen and oxygen atoms in total. The van der Waals surface area contributed by atoms with Gasteiger partial charge in [-0.15, -0.1) is 0 Å². The SMILES string of the molecule is O=C(Cc1cn2cc(Cl)ccc2n1)Nc1cccc(Cl)c1Cl. The highest BCUT2D eigenvalue weighted by Crippen LogP contribution is 2.29. The number of anilines is 1. The second-order valence-corrected chi connectivity index (χ2v) is 5.89. The van der Waals surface area contributed by atoms with E-state index in [1.165, 1.54) is 0 Å². The third-order valence-electron chi connectivity index (χ3n) is 3.03. The fraction of sp³-hybridized carbons (Fsp3) is 0.0667. The predicted octanol–water partition coefficient (Wildman–Crippen LogP) is 4.48. The van der Waals surface area contributed by atoms with Crippen molar-refractivity contribution >= 4 is 52.0 Å². The predicted molar refractivity (Wildman–Crippen MR) is 89.0 cm³/mol. The number of aromatic nitrogens is 2. The van der Waals surface area contributed by atoms with Crippen molar-refractivity contribution < 1.29 is 4.79 Å². The van der Waals surface area contributed by atoms with Crippen LogP contribution in [-0.2, 0) is 11.2 Å². The van der Waals surface area contributed by atoms with Crippen molar-refractivity contribution in [3.05, 3.63) is 63.5 Å². The van der Waals surface area contributed by atoms with Gasteiger partial charge in [0.05, 0.1) is 32.9 Å². The van der Waals surface area contributed by atoms with Crippen LogP contribution in [0.3, 0.4) is 0 Å². The van der Waals surface area contributed by atoms with Crippen LogP contribution in [-0.4, -0.2) is 15.3 Å². The van der Waals surface area contributed by atoms with Crippen molar-refractivity contribution in [2.45, 2.75) is 6.42 Å². The van der Waals surface area contributed by atoms with Gasteiger partial charge in [-0.25, -0.2) is 4.98 Å². The van der Waals surface area contributed by atoms with Gasteiger partial charge < -0.3 is 9.72 Å². The maximum atomic E-state index is 12.1. The summed E-state index contributed by atoms with van der Waals surface area (Å²) < 4.78 is 1.78. The summed E-state index contributed by atoms with van der Waals surface area (Å²) in [6, 6.07) is 8.61. The molecule has 0 fully saturated rings. The van der Waals surface area contributed by atoms with Crippen LogP contribution >= 0.6 is 34.8 Å². The molecule has 2 aromatic heterocycles. The Balaban J connectivity index is 1.76. The van der Waals surface area contributed by atoms with E-state index >= 15 is 0 Å². The third kappa shape index (κ3) is 3.19. The van der Waals surface area contributed by atoms with Crippen LogP contribution in [0.2, 0.25) is 15.1 Å². The van der Waals surface area contributed by atoms with Crippen LogP contribution in [0.25, 0.3) is 5.65 Å². The highest BCUT2D eigenvalue weighted by molar-refractivity contribution is 6.44. The van der Waals surface area contributed by atoms with Crippen LogP contribution < -0.4 is 5.32 Å². The first kappa shape index (κ1) is 15.2. The molecule has 0 bridgehead atoms. The number of benzene rings is 1. The lowest BCUT2D eigenvalue weighted by Gasteiger charge is -2.07. The molecule has 0 saturated carbocycles. The molecule has 0 radical (unpaired) electrons. The van der Waals surface area contributed by atoms with E-state index in [-0.39, 0.29) is 12.3 Å². The molecule has 1 N–H and O–H groups in total. The first-order valence-corrected chi connectivity index (χ1v) is 7.53. The number of pyridine rings is 1. The monoisotopic (exact) mass is 353 g/mol. The number of hydrogen-bond acceptors (Lipinski definition) is 2. The van der Waals surface area contributed by atoms with Crippen molar-refractivity contribution in [3.8, 4) is 0 Å². The number of nitrogens with zero attached hydrogens (tertiary/aromatic N) is 2. The average Bonchev–Trinajstić information content (AvgIpc) is 2.85. The minimum Gasteiger partial charge on any atom is -0.324 e. The Morgan fingerprint density at radius 1 is 1.14 bits per heavy atom.